The zero-order chi connectivity index (χ0) is 21.6. The van der Waals surface area contributed by atoms with Gasteiger partial charge >= 0.3 is 0 Å². The molecule has 0 spiro atoms. The maximum absolute atomic E-state index is 13.2. The maximum atomic E-state index is 13.2. The van der Waals surface area contributed by atoms with E-state index in [0.29, 0.717) is 23.2 Å². The van der Waals surface area contributed by atoms with Crippen molar-refractivity contribution >= 4 is 45.0 Å². The molecule has 0 unspecified atom stereocenters. The molecule has 2 aromatic heterocycles. The summed E-state index contributed by atoms with van der Waals surface area (Å²) in [7, 11) is 1.58. The van der Waals surface area contributed by atoms with Crippen molar-refractivity contribution < 1.29 is 14.3 Å². The quantitative estimate of drug-likeness (QED) is 0.352. The average molecular weight is 473 g/mol. The van der Waals surface area contributed by atoms with Crippen LogP contribution in [-0.2, 0) is 11.3 Å². The number of para-hydroxylation sites is 2. The lowest BCUT2D eigenvalue weighted by molar-refractivity contribution is -0.120. The first-order valence-corrected chi connectivity index (χ1v) is 10.8. The summed E-state index contributed by atoms with van der Waals surface area (Å²) in [5.41, 5.74) is 2.06. The number of imidazole rings is 1. The first-order chi connectivity index (χ1) is 15.1. The summed E-state index contributed by atoms with van der Waals surface area (Å²) >= 11 is 1.52. The Balaban J connectivity index is 0.00000289. The van der Waals surface area contributed by atoms with E-state index in [-0.39, 0.29) is 24.9 Å². The first kappa shape index (κ1) is 23.6. The molecule has 168 valence electrons. The lowest BCUT2D eigenvalue weighted by Gasteiger charge is -2.20. The van der Waals surface area contributed by atoms with Crippen molar-refractivity contribution in [2.75, 3.05) is 25.2 Å². The van der Waals surface area contributed by atoms with Crippen LogP contribution in [0.25, 0.3) is 10.2 Å². The van der Waals surface area contributed by atoms with Gasteiger partial charge in [-0.3, -0.25) is 9.69 Å². The molecular formula is C23H25ClN4O3S. The topological polar surface area (TPSA) is 69.5 Å². The molecule has 0 atom stereocenters. The zero-order valence-electron chi connectivity index (χ0n) is 17.9. The molecule has 1 amide bonds. The minimum Gasteiger partial charge on any atom is -0.493 e. The summed E-state index contributed by atoms with van der Waals surface area (Å²) in [5.74, 6) is 0.987. The van der Waals surface area contributed by atoms with Gasteiger partial charge in [-0.25, -0.2) is 9.97 Å². The Bertz CT molecular complexity index is 1160. The Morgan fingerprint density at radius 1 is 1.19 bits per heavy atom. The van der Waals surface area contributed by atoms with Crippen LogP contribution in [0.15, 0.2) is 61.2 Å². The standard InChI is InChI=1S/C23H24N4O3S.ClH/c1-17-8-9-18-21(14-17)31-23(25-18)27(12-5-11-26-13-10-24-16-26)22(28)15-30-20-7-4-3-6-19(20)29-2;/h3-4,6-10,13-14,16H,5,11-12,15H2,1-2H3;1H. The van der Waals surface area contributed by atoms with Crippen LogP contribution < -0.4 is 14.4 Å². The normalized spacial score (nSPS) is 10.6. The van der Waals surface area contributed by atoms with E-state index in [1.54, 1.807) is 36.7 Å². The number of thiazole rings is 1. The van der Waals surface area contributed by atoms with Gasteiger partial charge in [0.05, 0.1) is 23.7 Å². The third-order valence-electron chi connectivity index (χ3n) is 4.84. The van der Waals surface area contributed by atoms with Crippen molar-refractivity contribution in [3.05, 3.63) is 66.7 Å². The Morgan fingerprint density at radius 2 is 2.00 bits per heavy atom. The molecule has 7 nitrogen and oxygen atoms in total. The van der Waals surface area contributed by atoms with Gasteiger partial charge in [-0.15, -0.1) is 12.4 Å². The molecule has 9 heteroatoms. The highest BCUT2D eigenvalue weighted by Gasteiger charge is 2.21. The van der Waals surface area contributed by atoms with Crippen molar-refractivity contribution in [1.29, 1.82) is 0 Å². The second kappa shape index (κ2) is 11.0. The lowest BCUT2D eigenvalue weighted by atomic mass is 10.2. The van der Waals surface area contributed by atoms with Gasteiger partial charge in [-0.05, 0) is 43.2 Å². The fourth-order valence-corrected chi connectivity index (χ4v) is 4.36. The first-order valence-electron chi connectivity index (χ1n) is 10.0. The molecule has 4 rings (SSSR count). The van der Waals surface area contributed by atoms with Crippen molar-refractivity contribution in [3.63, 3.8) is 0 Å². The summed E-state index contributed by atoms with van der Waals surface area (Å²) in [5, 5.41) is 0.680. The van der Waals surface area contributed by atoms with E-state index in [4.69, 9.17) is 14.5 Å². The largest absolute Gasteiger partial charge is 0.493 e. The van der Waals surface area contributed by atoms with Crippen molar-refractivity contribution in [1.82, 2.24) is 14.5 Å². The number of amides is 1. The molecule has 0 saturated carbocycles. The lowest BCUT2D eigenvalue weighted by Crippen LogP contribution is -2.36. The SMILES string of the molecule is COc1ccccc1OCC(=O)N(CCCn1ccnc1)c1nc2ccc(C)cc2s1.Cl. The molecular weight excluding hydrogens is 448 g/mol. The second-order valence-electron chi connectivity index (χ2n) is 7.11. The molecule has 0 aliphatic rings. The minimum absolute atomic E-state index is 0. The van der Waals surface area contributed by atoms with E-state index in [9.17, 15) is 4.79 Å². The summed E-state index contributed by atoms with van der Waals surface area (Å²) in [6.45, 7) is 3.25. The third-order valence-corrected chi connectivity index (χ3v) is 5.88. The van der Waals surface area contributed by atoms with E-state index in [0.717, 1.165) is 23.2 Å². The molecule has 0 aliphatic heterocycles. The van der Waals surface area contributed by atoms with Crippen LogP contribution in [0.5, 0.6) is 11.5 Å². The monoisotopic (exact) mass is 472 g/mol. The van der Waals surface area contributed by atoms with Crippen molar-refractivity contribution in [2.45, 2.75) is 19.9 Å². The predicted molar refractivity (Wildman–Crippen MR) is 129 cm³/mol. The van der Waals surface area contributed by atoms with Gasteiger partial charge in [0.2, 0.25) is 0 Å². The highest BCUT2D eigenvalue weighted by atomic mass is 35.5. The molecule has 2 heterocycles. The molecule has 0 bridgehead atoms. The number of methoxy groups -OCH3 is 1. The number of aromatic nitrogens is 3. The highest BCUT2D eigenvalue weighted by molar-refractivity contribution is 7.22. The molecule has 0 fully saturated rings. The number of nitrogens with zero attached hydrogens (tertiary/aromatic N) is 4. The number of fused-ring (bicyclic) bond motifs is 1. The van der Waals surface area contributed by atoms with Gasteiger partial charge in [-0.1, -0.05) is 29.5 Å². The van der Waals surface area contributed by atoms with E-state index < -0.39 is 0 Å². The molecule has 0 radical (unpaired) electrons. The number of benzene rings is 2. The summed E-state index contributed by atoms with van der Waals surface area (Å²) in [4.78, 5) is 23.6. The molecule has 4 aromatic rings. The molecule has 0 N–H and O–H groups in total. The van der Waals surface area contributed by atoms with Crippen LogP contribution >= 0.6 is 23.7 Å². The Labute approximate surface area is 197 Å². The number of rotatable bonds is 9. The van der Waals surface area contributed by atoms with Gasteiger partial charge in [0.15, 0.2) is 23.2 Å². The van der Waals surface area contributed by atoms with Gasteiger partial charge in [-0.2, -0.15) is 0 Å². The average Bonchev–Trinajstić information content (AvgIpc) is 3.44. The predicted octanol–water partition coefficient (Wildman–Crippen LogP) is 4.73. The number of halogens is 1. The van der Waals surface area contributed by atoms with Gasteiger partial charge in [0.25, 0.3) is 5.91 Å². The maximum Gasteiger partial charge on any atom is 0.266 e. The minimum atomic E-state index is -0.146. The zero-order valence-corrected chi connectivity index (χ0v) is 19.6. The number of hydrogen-bond donors (Lipinski definition) is 0. The van der Waals surface area contributed by atoms with Crippen molar-refractivity contribution in [2.24, 2.45) is 0 Å². The molecule has 2 aromatic carbocycles. The Hall–Kier alpha value is -3.10. The summed E-state index contributed by atoms with van der Waals surface area (Å²) in [6, 6.07) is 13.4. The number of ether oxygens (including phenoxy) is 2. The number of carbonyl (C=O) groups is 1. The summed E-state index contributed by atoms with van der Waals surface area (Å²) < 4.78 is 14.2. The van der Waals surface area contributed by atoms with Gasteiger partial charge < -0.3 is 14.0 Å². The van der Waals surface area contributed by atoms with Gasteiger partial charge in [0, 0.05) is 25.5 Å². The molecule has 0 aliphatic carbocycles. The number of carbonyl (C=O) groups excluding carboxylic acids is 1. The smallest absolute Gasteiger partial charge is 0.266 e. The van der Waals surface area contributed by atoms with E-state index in [1.165, 1.54) is 16.9 Å². The molecule has 32 heavy (non-hydrogen) atoms. The van der Waals surface area contributed by atoms with Gasteiger partial charge in [0.1, 0.15) is 0 Å². The fourth-order valence-electron chi connectivity index (χ4n) is 3.25. The number of hydrogen-bond acceptors (Lipinski definition) is 6. The molecule has 0 saturated heterocycles. The van der Waals surface area contributed by atoms with E-state index in [2.05, 4.69) is 11.1 Å². The highest BCUT2D eigenvalue weighted by Crippen LogP contribution is 2.30. The van der Waals surface area contributed by atoms with E-state index >= 15 is 0 Å². The van der Waals surface area contributed by atoms with Crippen LogP contribution in [0.1, 0.15) is 12.0 Å². The Kier molecular flexibility index (Phi) is 8.08. The second-order valence-corrected chi connectivity index (χ2v) is 8.12. The number of anilines is 1. The summed E-state index contributed by atoms with van der Waals surface area (Å²) in [6.07, 6.45) is 6.21. The van der Waals surface area contributed by atoms with Crippen molar-refractivity contribution in [3.8, 4) is 11.5 Å². The number of aryl methyl sites for hydroxylation is 2. The third kappa shape index (κ3) is 5.57. The Morgan fingerprint density at radius 3 is 2.75 bits per heavy atom. The van der Waals surface area contributed by atoms with Crippen LogP contribution in [0, 0.1) is 6.92 Å². The fraction of sp³-hybridized carbons (Fsp3) is 0.261. The van der Waals surface area contributed by atoms with Crippen LogP contribution in [0.2, 0.25) is 0 Å². The van der Waals surface area contributed by atoms with Crippen LogP contribution in [-0.4, -0.2) is 40.7 Å². The van der Waals surface area contributed by atoms with Crippen LogP contribution in [0.3, 0.4) is 0 Å². The van der Waals surface area contributed by atoms with E-state index in [1.807, 2.05) is 42.0 Å². The van der Waals surface area contributed by atoms with Crippen LogP contribution in [0.4, 0.5) is 5.13 Å².